The van der Waals surface area contributed by atoms with E-state index in [2.05, 4.69) is 34.7 Å². The van der Waals surface area contributed by atoms with Gasteiger partial charge in [-0.1, -0.05) is 18.2 Å². The minimum Gasteiger partial charge on any atom is -0.358 e. The number of H-pyrrole nitrogens is 1. The van der Waals surface area contributed by atoms with E-state index in [1.54, 1.807) is 11.3 Å². The van der Waals surface area contributed by atoms with Crippen LogP contribution < -0.4 is 5.32 Å². The molecule has 0 fully saturated rings. The van der Waals surface area contributed by atoms with Gasteiger partial charge in [-0.3, -0.25) is 4.79 Å². The first-order valence-corrected chi connectivity index (χ1v) is 8.35. The van der Waals surface area contributed by atoms with Gasteiger partial charge in [0.05, 0.1) is 11.1 Å². The van der Waals surface area contributed by atoms with Crippen molar-refractivity contribution in [3.8, 4) is 0 Å². The number of hydrogen-bond donors (Lipinski definition) is 2. The highest BCUT2D eigenvalue weighted by Crippen LogP contribution is 2.24. The van der Waals surface area contributed by atoms with Crippen molar-refractivity contribution in [2.75, 3.05) is 0 Å². The molecule has 22 heavy (non-hydrogen) atoms. The lowest BCUT2D eigenvalue weighted by Gasteiger charge is -2.13. The predicted octanol–water partition coefficient (Wildman–Crippen LogP) is 4.21. The molecule has 2 N–H and O–H groups in total. The Bertz CT molecular complexity index is 802. The van der Waals surface area contributed by atoms with Crippen molar-refractivity contribution >= 4 is 28.1 Å². The summed E-state index contributed by atoms with van der Waals surface area (Å²) >= 11 is 1.72. The fourth-order valence-electron chi connectivity index (χ4n) is 2.76. The summed E-state index contributed by atoms with van der Waals surface area (Å²) in [6, 6.07) is 10.1. The number of carbonyl (C=O) groups excluding carboxylic acids is 1. The van der Waals surface area contributed by atoms with Crippen LogP contribution in [0.3, 0.4) is 0 Å². The minimum absolute atomic E-state index is 0.0177. The molecule has 114 valence electrons. The van der Waals surface area contributed by atoms with E-state index >= 15 is 0 Å². The molecule has 3 nitrogen and oxygen atoms in total. The van der Waals surface area contributed by atoms with E-state index in [0.717, 1.165) is 23.0 Å². The molecule has 0 saturated carbocycles. The predicted molar refractivity (Wildman–Crippen MR) is 92.7 cm³/mol. The third-order valence-corrected chi connectivity index (χ3v) is 4.95. The number of aromatic nitrogens is 1. The average Bonchev–Trinajstić information content (AvgIpc) is 3.08. The molecule has 1 amide bonds. The summed E-state index contributed by atoms with van der Waals surface area (Å²) in [5.41, 5.74) is 3.96. The molecule has 3 rings (SSSR count). The Morgan fingerprint density at radius 2 is 2.09 bits per heavy atom. The van der Waals surface area contributed by atoms with Crippen molar-refractivity contribution in [2.45, 2.75) is 33.2 Å². The molecule has 0 spiro atoms. The molecule has 1 atom stereocenters. The maximum Gasteiger partial charge on any atom is 0.253 e. The summed E-state index contributed by atoms with van der Waals surface area (Å²) in [4.78, 5) is 17.2. The first-order valence-electron chi connectivity index (χ1n) is 7.47. The first-order chi connectivity index (χ1) is 10.6. The van der Waals surface area contributed by atoms with E-state index in [1.165, 1.54) is 10.4 Å². The Labute approximate surface area is 134 Å². The van der Waals surface area contributed by atoms with Crippen molar-refractivity contribution in [3.05, 3.63) is 57.4 Å². The van der Waals surface area contributed by atoms with E-state index in [4.69, 9.17) is 0 Å². The third-order valence-electron chi connectivity index (χ3n) is 4.05. The minimum atomic E-state index is -0.0177. The highest BCUT2D eigenvalue weighted by Gasteiger charge is 2.16. The molecule has 0 saturated heterocycles. The van der Waals surface area contributed by atoms with Crippen molar-refractivity contribution in [1.29, 1.82) is 0 Å². The maximum atomic E-state index is 12.6. The molecule has 0 bridgehead atoms. The number of carbonyl (C=O) groups is 1. The molecule has 2 aromatic heterocycles. The van der Waals surface area contributed by atoms with Gasteiger partial charge in [-0.25, -0.2) is 0 Å². The van der Waals surface area contributed by atoms with Gasteiger partial charge in [-0.2, -0.15) is 0 Å². The summed E-state index contributed by atoms with van der Waals surface area (Å²) in [5, 5.41) is 6.29. The Morgan fingerprint density at radius 3 is 2.82 bits per heavy atom. The number of fused-ring (bicyclic) bond motifs is 1. The number of rotatable bonds is 4. The van der Waals surface area contributed by atoms with Gasteiger partial charge < -0.3 is 10.3 Å². The van der Waals surface area contributed by atoms with Crippen LogP contribution in [0, 0.1) is 13.8 Å². The Balaban J connectivity index is 1.82. The van der Waals surface area contributed by atoms with E-state index in [9.17, 15) is 4.79 Å². The number of hydrogen-bond acceptors (Lipinski definition) is 2. The van der Waals surface area contributed by atoms with Crippen molar-refractivity contribution < 1.29 is 4.79 Å². The number of thiophene rings is 1. The molecule has 0 aliphatic rings. The molecule has 4 heteroatoms. The standard InChI is InChI=1S/C18H20N2OS/c1-11(10-14-6-5-9-22-14)19-18(21)16-8-4-7-15-12(2)13(3)20-17(15)16/h4-9,11,20H,10H2,1-3H3,(H,19,21)/t11-/m1/s1. The Hall–Kier alpha value is -2.07. The van der Waals surface area contributed by atoms with Gasteiger partial charge in [0.2, 0.25) is 0 Å². The molecule has 2 heterocycles. The van der Waals surface area contributed by atoms with Crippen molar-refractivity contribution in [1.82, 2.24) is 10.3 Å². The zero-order chi connectivity index (χ0) is 15.7. The number of aromatic amines is 1. The molecule has 3 aromatic rings. The van der Waals surface area contributed by atoms with E-state index < -0.39 is 0 Å². The molecule has 0 radical (unpaired) electrons. The lowest BCUT2D eigenvalue weighted by atomic mass is 10.1. The van der Waals surface area contributed by atoms with Crippen LogP contribution in [0.15, 0.2) is 35.7 Å². The zero-order valence-electron chi connectivity index (χ0n) is 13.1. The van der Waals surface area contributed by atoms with Crippen LogP contribution in [0.1, 0.15) is 33.4 Å². The average molecular weight is 312 g/mol. The summed E-state index contributed by atoms with van der Waals surface area (Å²) in [5.74, 6) is -0.0177. The molecular formula is C18H20N2OS. The fraction of sp³-hybridized carbons (Fsp3) is 0.278. The number of benzene rings is 1. The normalized spacial score (nSPS) is 12.5. The second-order valence-electron chi connectivity index (χ2n) is 5.76. The van der Waals surface area contributed by atoms with Gasteiger partial charge in [0, 0.05) is 28.4 Å². The van der Waals surface area contributed by atoms with Crippen LogP contribution in [-0.4, -0.2) is 16.9 Å². The largest absolute Gasteiger partial charge is 0.358 e. The highest BCUT2D eigenvalue weighted by molar-refractivity contribution is 7.09. The van der Waals surface area contributed by atoms with Crippen molar-refractivity contribution in [2.24, 2.45) is 0 Å². The monoisotopic (exact) mass is 312 g/mol. The summed E-state index contributed by atoms with van der Waals surface area (Å²) in [6.07, 6.45) is 0.863. The summed E-state index contributed by atoms with van der Waals surface area (Å²) < 4.78 is 0. The van der Waals surface area contributed by atoms with Crippen molar-refractivity contribution in [3.63, 3.8) is 0 Å². The van der Waals surface area contributed by atoms with Gasteiger partial charge in [0.1, 0.15) is 0 Å². The fourth-order valence-corrected chi connectivity index (χ4v) is 3.59. The van der Waals surface area contributed by atoms with Crippen LogP contribution in [0.2, 0.25) is 0 Å². The number of para-hydroxylation sites is 1. The van der Waals surface area contributed by atoms with Gasteiger partial charge in [-0.05, 0) is 43.8 Å². The SMILES string of the molecule is Cc1[nH]c2c(C(=O)N[C@H](C)Cc3cccs3)cccc2c1C. The number of amides is 1. The van der Waals surface area contributed by atoms with Crippen LogP contribution in [0.5, 0.6) is 0 Å². The first kappa shape index (κ1) is 14.9. The lowest BCUT2D eigenvalue weighted by molar-refractivity contribution is 0.0942. The van der Waals surface area contributed by atoms with Gasteiger partial charge in [0.25, 0.3) is 5.91 Å². The summed E-state index contributed by atoms with van der Waals surface area (Å²) in [7, 11) is 0. The summed E-state index contributed by atoms with van der Waals surface area (Å²) in [6.45, 7) is 6.16. The van der Waals surface area contributed by atoms with Crippen LogP contribution in [0.25, 0.3) is 10.9 Å². The molecule has 0 aliphatic heterocycles. The number of nitrogens with one attached hydrogen (secondary N) is 2. The third kappa shape index (κ3) is 2.79. The van der Waals surface area contributed by atoms with E-state index in [1.807, 2.05) is 32.0 Å². The Morgan fingerprint density at radius 1 is 1.27 bits per heavy atom. The molecule has 1 aromatic carbocycles. The second-order valence-corrected chi connectivity index (χ2v) is 6.79. The van der Waals surface area contributed by atoms with Gasteiger partial charge >= 0.3 is 0 Å². The lowest BCUT2D eigenvalue weighted by Crippen LogP contribution is -2.34. The quantitative estimate of drug-likeness (QED) is 0.745. The maximum absolute atomic E-state index is 12.6. The number of aryl methyl sites for hydroxylation is 2. The van der Waals surface area contributed by atoms with Gasteiger partial charge in [-0.15, -0.1) is 11.3 Å². The topological polar surface area (TPSA) is 44.9 Å². The molecular weight excluding hydrogens is 292 g/mol. The second kappa shape index (κ2) is 5.97. The van der Waals surface area contributed by atoms with Gasteiger partial charge in [0.15, 0.2) is 0 Å². The molecule has 0 aliphatic carbocycles. The highest BCUT2D eigenvalue weighted by atomic mass is 32.1. The van der Waals surface area contributed by atoms with E-state index in [0.29, 0.717) is 5.56 Å². The Kier molecular flexibility index (Phi) is 4.03. The van der Waals surface area contributed by atoms with E-state index in [-0.39, 0.29) is 11.9 Å². The molecule has 0 unspecified atom stereocenters. The van der Waals surface area contributed by atoms with Crippen LogP contribution in [0.4, 0.5) is 0 Å². The smallest absolute Gasteiger partial charge is 0.253 e. The van der Waals surface area contributed by atoms with Crippen LogP contribution in [-0.2, 0) is 6.42 Å². The van der Waals surface area contributed by atoms with Crippen LogP contribution >= 0.6 is 11.3 Å². The zero-order valence-corrected chi connectivity index (χ0v) is 13.9.